The molecule has 0 saturated heterocycles. The Labute approximate surface area is 120 Å². The number of aromatic nitrogens is 2. The predicted octanol–water partition coefficient (Wildman–Crippen LogP) is 3.21. The number of nitrogens with one attached hydrogen (secondary N) is 1. The van der Waals surface area contributed by atoms with E-state index < -0.39 is 0 Å². The lowest BCUT2D eigenvalue weighted by atomic mass is 10.0. The molecule has 3 nitrogen and oxygen atoms in total. The molecule has 1 aromatic heterocycles. The smallest absolute Gasteiger partial charge is 0.138 e. The number of nitrogens with zero attached hydrogens (tertiary/aromatic N) is 2. The van der Waals surface area contributed by atoms with E-state index in [4.69, 9.17) is 9.97 Å². The Kier molecular flexibility index (Phi) is 4.38. The molecular weight excluding hydrogens is 254 g/mol. The Balaban J connectivity index is 1.67. The summed E-state index contributed by atoms with van der Waals surface area (Å²) in [7, 11) is 0. The van der Waals surface area contributed by atoms with E-state index in [1.54, 1.807) is 0 Å². The van der Waals surface area contributed by atoms with Gasteiger partial charge in [0.25, 0.3) is 0 Å². The maximum atomic E-state index is 4.78. The first kappa shape index (κ1) is 13.4. The van der Waals surface area contributed by atoms with Crippen molar-refractivity contribution >= 4 is 11.8 Å². The molecule has 0 bridgehead atoms. The van der Waals surface area contributed by atoms with E-state index in [-0.39, 0.29) is 0 Å². The monoisotopic (exact) mass is 277 g/mol. The van der Waals surface area contributed by atoms with Gasteiger partial charge in [-0.15, -0.1) is 0 Å². The standard InChI is InChI=1S/C15H23N3S/c1-2-13-12-8-16-9-14(12)18-15(17-13)10-19-11-6-4-3-5-7-11/h11,16H,2-10H2,1H3. The lowest BCUT2D eigenvalue weighted by molar-refractivity contribution is 0.516. The Bertz CT molecular complexity index is 441. The molecule has 4 heteroatoms. The minimum Gasteiger partial charge on any atom is -0.307 e. The highest BCUT2D eigenvalue weighted by Gasteiger charge is 2.19. The summed E-state index contributed by atoms with van der Waals surface area (Å²) in [6.07, 6.45) is 8.04. The minimum absolute atomic E-state index is 0.841. The van der Waals surface area contributed by atoms with Gasteiger partial charge in [-0.3, -0.25) is 0 Å². The third-order valence-corrected chi connectivity index (χ3v) is 5.52. The SMILES string of the molecule is CCc1nc(CSC2CCCCC2)nc2c1CNC2. The molecule has 0 radical (unpaired) electrons. The maximum absolute atomic E-state index is 4.78. The van der Waals surface area contributed by atoms with Crippen molar-refractivity contribution in [3.05, 3.63) is 22.8 Å². The molecule has 1 aliphatic heterocycles. The summed E-state index contributed by atoms with van der Waals surface area (Å²) < 4.78 is 0. The van der Waals surface area contributed by atoms with Crippen molar-refractivity contribution in [2.45, 2.75) is 69.5 Å². The first-order chi connectivity index (χ1) is 9.36. The first-order valence-electron chi connectivity index (χ1n) is 7.56. The van der Waals surface area contributed by atoms with E-state index in [1.165, 1.54) is 49.1 Å². The molecule has 0 atom stereocenters. The Morgan fingerprint density at radius 2 is 2.00 bits per heavy atom. The van der Waals surface area contributed by atoms with Gasteiger partial charge in [0.1, 0.15) is 5.82 Å². The zero-order chi connectivity index (χ0) is 13.1. The fourth-order valence-electron chi connectivity index (χ4n) is 3.08. The van der Waals surface area contributed by atoms with E-state index >= 15 is 0 Å². The summed E-state index contributed by atoms with van der Waals surface area (Å²) in [5.41, 5.74) is 3.86. The molecule has 0 aromatic carbocycles. The van der Waals surface area contributed by atoms with Gasteiger partial charge in [0.05, 0.1) is 11.4 Å². The van der Waals surface area contributed by atoms with Crippen molar-refractivity contribution in [1.29, 1.82) is 0 Å². The highest BCUT2D eigenvalue weighted by molar-refractivity contribution is 7.99. The van der Waals surface area contributed by atoms with E-state index in [2.05, 4.69) is 24.0 Å². The van der Waals surface area contributed by atoms with Crippen LogP contribution in [0.2, 0.25) is 0 Å². The third kappa shape index (κ3) is 3.11. The van der Waals surface area contributed by atoms with Crippen LogP contribution < -0.4 is 5.32 Å². The maximum Gasteiger partial charge on any atom is 0.138 e. The number of thioether (sulfide) groups is 1. The molecule has 1 aromatic rings. The minimum atomic E-state index is 0.841. The molecule has 1 saturated carbocycles. The highest BCUT2D eigenvalue weighted by Crippen LogP contribution is 2.30. The van der Waals surface area contributed by atoms with Gasteiger partial charge in [0, 0.05) is 29.6 Å². The zero-order valence-corrected chi connectivity index (χ0v) is 12.6. The molecule has 2 aliphatic rings. The van der Waals surface area contributed by atoms with Crippen molar-refractivity contribution in [2.24, 2.45) is 0 Å². The van der Waals surface area contributed by atoms with Crippen LogP contribution >= 0.6 is 11.8 Å². The summed E-state index contributed by atoms with van der Waals surface area (Å²) >= 11 is 2.07. The lowest BCUT2D eigenvalue weighted by Gasteiger charge is -2.20. The van der Waals surface area contributed by atoms with Gasteiger partial charge < -0.3 is 5.32 Å². The van der Waals surface area contributed by atoms with Gasteiger partial charge in [-0.25, -0.2) is 9.97 Å². The molecular formula is C15H23N3S. The van der Waals surface area contributed by atoms with Crippen molar-refractivity contribution in [3.63, 3.8) is 0 Å². The van der Waals surface area contributed by atoms with E-state index in [9.17, 15) is 0 Å². The number of fused-ring (bicyclic) bond motifs is 1. The molecule has 0 unspecified atom stereocenters. The number of aryl methyl sites for hydroxylation is 1. The summed E-state index contributed by atoms with van der Waals surface area (Å²) in [6.45, 7) is 4.07. The molecule has 2 heterocycles. The van der Waals surface area contributed by atoms with Crippen LogP contribution in [-0.4, -0.2) is 15.2 Å². The first-order valence-corrected chi connectivity index (χ1v) is 8.61. The predicted molar refractivity (Wildman–Crippen MR) is 80.1 cm³/mol. The largest absolute Gasteiger partial charge is 0.307 e. The average molecular weight is 277 g/mol. The molecule has 19 heavy (non-hydrogen) atoms. The second kappa shape index (κ2) is 6.23. The van der Waals surface area contributed by atoms with Crippen molar-refractivity contribution in [1.82, 2.24) is 15.3 Å². The molecule has 1 aliphatic carbocycles. The fourth-order valence-corrected chi connectivity index (χ4v) is 4.26. The van der Waals surface area contributed by atoms with Gasteiger partial charge in [-0.2, -0.15) is 11.8 Å². The Hall–Kier alpha value is -0.610. The van der Waals surface area contributed by atoms with Gasteiger partial charge in [-0.1, -0.05) is 26.2 Å². The van der Waals surface area contributed by atoms with E-state index in [0.717, 1.165) is 36.3 Å². The molecule has 1 fully saturated rings. The fraction of sp³-hybridized carbons (Fsp3) is 0.733. The lowest BCUT2D eigenvalue weighted by Crippen LogP contribution is -2.10. The van der Waals surface area contributed by atoms with Gasteiger partial charge >= 0.3 is 0 Å². The summed E-state index contributed by atoms with van der Waals surface area (Å²) in [5, 5.41) is 4.23. The molecule has 0 spiro atoms. The topological polar surface area (TPSA) is 37.8 Å². The third-order valence-electron chi connectivity index (χ3n) is 4.15. The highest BCUT2D eigenvalue weighted by atomic mass is 32.2. The van der Waals surface area contributed by atoms with Gasteiger partial charge in [0.15, 0.2) is 0 Å². The van der Waals surface area contributed by atoms with Crippen molar-refractivity contribution < 1.29 is 0 Å². The quantitative estimate of drug-likeness (QED) is 0.917. The van der Waals surface area contributed by atoms with E-state index in [1.807, 2.05) is 0 Å². The second-order valence-corrected chi connectivity index (χ2v) is 6.83. The Morgan fingerprint density at radius 3 is 2.79 bits per heavy atom. The Morgan fingerprint density at radius 1 is 1.16 bits per heavy atom. The van der Waals surface area contributed by atoms with Crippen LogP contribution in [0.1, 0.15) is 61.8 Å². The molecule has 0 amide bonds. The molecule has 1 N–H and O–H groups in total. The van der Waals surface area contributed by atoms with Crippen LogP contribution in [0, 0.1) is 0 Å². The second-order valence-electron chi connectivity index (χ2n) is 5.54. The van der Waals surface area contributed by atoms with E-state index in [0.29, 0.717) is 0 Å². The van der Waals surface area contributed by atoms with Crippen LogP contribution in [0.25, 0.3) is 0 Å². The average Bonchev–Trinajstić information content (AvgIpc) is 2.93. The van der Waals surface area contributed by atoms with Crippen LogP contribution in [-0.2, 0) is 25.3 Å². The van der Waals surface area contributed by atoms with Crippen LogP contribution in [0.3, 0.4) is 0 Å². The normalized spacial score (nSPS) is 19.6. The van der Waals surface area contributed by atoms with Crippen molar-refractivity contribution in [2.75, 3.05) is 0 Å². The number of rotatable bonds is 4. The zero-order valence-electron chi connectivity index (χ0n) is 11.7. The number of hydrogen-bond donors (Lipinski definition) is 1. The van der Waals surface area contributed by atoms with Gasteiger partial charge in [-0.05, 0) is 19.3 Å². The van der Waals surface area contributed by atoms with Crippen LogP contribution in [0.15, 0.2) is 0 Å². The van der Waals surface area contributed by atoms with Crippen molar-refractivity contribution in [3.8, 4) is 0 Å². The van der Waals surface area contributed by atoms with Crippen LogP contribution in [0.4, 0.5) is 0 Å². The summed E-state index contributed by atoms with van der Waals surface area (Å²) in [4.78, 5) is 9.53. The number of hydrogen-bond acceptors (Lipinski definition) is 4. The summed E-state index contributed by atoms with van der Waals surface area (Å²) in [6, 6.07) is 0. The van der Waals surface area contributed by atoms with Crippen LogP contribution in [0.5, 0.6) is 0 Å². The molecule has 3 rings (SSSR count). The van der Waals surface area contributed by atoms with Gasteiger partial charge in [0.2, 0.25) is 0 Å². The summed E-state index contributed by atoms with van der Waals surface area (Å²) in [5.74, 6) is 2.04. The molecule has 104 valence electrons.